The lowest BCUT2D eigenvalue weighted by Gasteiger charge is -2.16. The number of aromatic nitrogens is 1. The summed E-state index contributed by atoms with van der Waals surface area (Å²) < 4.78 is 2.08. The minimum atomic E-state index is -0.835. The third kappa shape index (κ3) is 3.40. The number of likely N-dealkylation sites (tertiary alicyclic amines) is 1. The molecule has 1 amide bonds. The number of nitrogens with zero attached hydrogens (tertiary/aromatic N) is 2. The summed E-state index contributed by atoms with van der Waals surface area (Å²) in [5, 5.41) is 10.8. The first-order valence-electron chi connectivity index (χ1n) is 9.63. The summed E-state index contributed by atoms with van der Waals surface area (Å²) in [6, 6.07) is 17.8. The van der Waals surface area contributed by atoms with Gasteiger partial charge in [0.05, 0.1) is 5.92 Å². The molecule has 0 aliphatic carbocycles. The number of benzene rings is 2. The first-order valence-corrected chi connectivity index (χ1v) is 9.63. The lowest BCUT2D eigenvalue weighted by atomic mass is 9.89. The summed E-state index contributed by atoms with van der Waals surface area (Å²) in [6.45, 7) is 0.749. The Morgan fingerprint density at radius 1 is 1.04 bits per heavy atom. The van der Waals surface area contributed by atoms with Gasteiger partial charge >= 0.3 is 5.97 Å². The minimum Gasteiger partial charge on any atom is -0.481 e. The maximum Gasteiger partial charge on any atom is 0.308 e. The highest BCUT2D eigenvalue weighted by Gasteiger charge is 2.40. The average molecular weight is 376 g/mol. The van der Waals surface area contributed by atoms with E-state index in [2.05, 4.69) is 22.9 Å². The SMILES string of the molecule is Cn1cc(CCC(=O)N2CC(C(=O)O)C(c3ccccc3)C2)c2ccccc21. The topological polar surface area (TPSA) is 62.5 Å². The molecular weight excluding hydrogens is 352 g/mol. The van der Waals surface area contributed by atoms with Crippen molar-refractivity contribution in [3.05, 3.63) is 71.9 Å². The van der Waals surface area contributed by atoms with Crippen LogP contribution in [0, 0.1) is 5.92 Å². The van der Waals surface area contributed by atoms with Crippen LogP contribution in [0.5, 0.6) is 0 Å². The van der Waals surface area contributed by atoms with Crippen molar-refractivity contribution in [2.75, 3.05) is 13.1 Å². The van der Waals surface area contributed by atoms with E-state index in [9.17, 15) is 14.7 Å². The van der Waals surface area contributed by atoms with Crippen LogP contribution < -0.4 is 0 Å². The number of carbonyl (C=O) groups excluding carboxylic acids is 1. The molecular formula is C23H24N2O3. The van der Waals surface area contributed by atoms with Crippen LogP contribution in [0.4, 0.5) is 0 Å². The summed E-state index contributed by atoms with van der Waals surface area (Å²) in [6.07, 6.45) is 3.13. The molecule has 1 saturated heterocycles. The van der Waals surface area contributed by atoms with E-state index in [1.807, 2.05) is 49.5 Å². The number of amides is 1. The van der Waals surface area contributed by atoms with Crippen molar-refractivity contribution >= 4 is 22.8 Å². The number of hydrogen-bond acceptors (Lipinski definition) is 2. The van der Waals surface area contributed by atoms with Crippen LogP contribution in [0.3, 0.4) is 0 Å². The number of carboxylic acids is 1. The normalized spacial score (nSPS) is 19.2. The zero-order valence-corrected chi connectivity index (χ0v) is 15.9. The number of hydrogen-bond donors (Lipinski definition) is 1. The fourth-order valence-electron chi connectivity index (χ4n) is 4.32. The van der Waals surface area contributed by atoms with Gasteiger partial charge in [-0.1, -0.05) is 48.5 Å². The Labute approximate surface area is 164 Å². The van der Waals surface area contributed by atoms with Crippen molar-refractivity contribution in [2.45, 2.75) is 18.8 Å². The van der Waals surface area contributed by atoms with Gasteiger partial charge in [-0.2, -0.15) is 0 Å². The van der Waals surface area contributed by atoms with Crippen molar-refractivity contribution in [3.63, 3.8) is 0 Å². The van der Waals surface area contributed by atoms with Gasteiger partial charge in [0.1, 0.15) is 0 Å². The van der Waals surface area contributed by atoms with Crippen molar-refractivity contribution in [2.24, 2.45) is 13.0 Å². The Balaban J connectivity index is 1.47. The second kappa shape index (κ2) is 7.50. The van der Waals surface area contributed by atoms with E-state index in [0.717, 1.165) is 16.6 Å². The minimum absolute atomic E-state index is 0.0256. The molecule has 0 radical (unpaired) electrons. The first-order chi connectivity index (χ1) is 13.5. The van der Waals surface area contributed by atoms with Gasteiger partial charge in [0.2, 0.25) is 5.91 Å². The van der Waals surface area contributed by atoms with Crippen LogP contribution in [0.15, 0.2) is 60.8 Å². The number of para-hydroxylation sites is 1. The molecule has 1 aliphatic rings. The maximum atomic E-state index is 12.8. The highest BCUT2D eigenvalue weighted by atomic mass is 16.4. The van der Waals surface area contributed by atoms with Crippen molar-refractivity contribution in [3.8, 4) is 0 Å². The van der Waals surface area contributed by atoms with E-state index < -0.39 is 11.9 Å². The quantitative estimate of drug-likeness (QED) is 0.742. The molecule has 144 valence electrons. The van der Waals surface area contributed by atoms with Gasteiger partial charge < -0.3 is 14.6 Å². The predicted octanol–water partition coefficient (Wildman–Crippen LogP) is 3.44. The Bertz CT molecular complexity index is 1010. The third-order valence-corrected chi connectivity index (χ3v) is 5.81. The number of fused-ring (bicyclic) bond motifs is 1. The van der Waals surface area contributed by atoms with Gasteiger partial charge in [-0.05, 0) is 23.6 Å². The highest BCUT2D eigenvalue weighted by molar-refractivity contribution is 5.85. The van der Waals surface area contributed by atoms with Crippen LogP contribution in [0.1, 0.15) is 23.5 Å². The monoisotopic (exact) mass is 376 g/mol. The summed E-state index contributed by atoms with van der Waals surface area (Å²) in [7, 11) is 2.01. The zero-order chi connectivity index (χ0) is 19.7. The van der Waals surface area contributed by atoms with E-state index >= 15 is 0 Å². The zero-order valence-electron chi connectivity index (χ0n) is 15.9. The molecule has 1 fully saturated rings. The van der Waals surface area contributed by atoms with Crippen molar-refractivity contribution < 1.29 is 14.7 Å². The molecule has 2 unspecified atom stereocenters. The second-order valence-corrected chi connectivity index (χ2v) is 7.54. The highest BCUT2D eigenvalue weighted by Crippen LogP contribution is 2.33. The van der Waals surface area contributed by atoms with Crippen LogP contribution in [-0.4, -0.2) is 39.5 Å². The van der Waals surface area contributed by atoms with Crippen LogP contribution in [0.2, 0.25) is 0 Å². The molecule has 4 rings (SSSR count). The summed E-state index contributed by atoms with van der Waals surface area (Å²) in [5.41, 5.74) is 3.29. The Kier molecular flexibility index (Phi) is 4.90. The molecule has 2 atom stereocenters. The lowest BCUT2D eigenvalue weighted by molar-refractivity contribution is -0.141. The van der Waals surface area contributed by atoms with E-state index in [1.165, 1.54) is 5.39 Å². The molecule has 0 bridgehead atoms. The molecule has 28 heavy (non-hydrogen) atoms. The Morgan fingerprint density at radius 3 is 2.50 bits per heavy atom. The second-order valence-electron chi connectivity index (χ2n) is 7.54. The standard InChI is InChI=1S/C23H24N2O3/c1-24-13-17(18-9-5-6-10-21(18)24)11-12-22(26)25-14-19(20(15-25)23(27)28)16-7-3-2-4-8-16/h2-10,13,19-20H,11-12,14-15H2,1H3,(H,27,28). The predicted molar refractivity (Wildman–Crippen MR) is 108 cm³/mol. The van der Waals surface area contributed by atoms with E-state index in [4.69, 9.17) is 0 Å². The summed E-state index contributed by atoms with van der Waals surface area (Å²) in [4.78, 5) is 26.3. The van der Waals surface area contributed by atoms with Gasteiger partial charge in [-0.25, -0.2) is 0 Å². The summed E-state index contributed by atoms with van der Waals surface area (Å²) >= 11 is 0. The van der Waals surface area contributed by atoms with Gasteiger partial charge in [0, 0.05) is 49.6 Å². The van der Waals surface area contributed by atoms with Crippen LogP contribution >= 0.6 is 0 Å². The molecule has 0 saturated carbocycles. The van der Waals surface area contributed by atoms with E-state index in [1.54, 1.807) is 4.90 Å². The average Bonchev–Trinajstić information content (AvgIpc) is 3.30. The van der Waals surface area contributed by atoms with E-state index in [0.29, 0.717) is 19.4 Å². The van der Waals surface area contributed by atoms with Crippen LogP contribution in [-0.2, 0) is 23.1 Å². The molecule has 1 N–H and O–H groups in total. The first kappa shape index (κ1) is 18.3. The fourth-order valence-corrected chi connectivity index (χ4v) is 4.32. The molecule has 1 aromatic heterocycles. The van der Waals surface area contributed by atoms with Crippen molar-refractivity contribution in [1.82, 2.24) is 9.47 Å². The number of aryl methyl sites for hydroxylation is 2. The third-order valence-electron chi connectivity index (χ3n) is 5.81. The number of rotatable bonds is 5. The maximum absolute atomic E-state index is 12.8. The van der Waals surface area contributed by atoms with Crippen LogP contribution in [0.25, 0.3) is 10.9 Å². The van der Waals surface area contributed by atoms with Gasteiger partial charge in [-0.3, -0.25) is 9.59 Å². The molecule has 1 aliphatic heterocycles. The molecule has 3 aromatic rings. The largest absolute Gasteiger partial charge is 0.481 e. The summed E-state index contributed by atoms with van der Waals surface area (Å²) in [5.74, 6) is -1.51. The van der Waals surface area contributed by atoms with Gasteiger partial charge in [0.15, 0.2) is 0 Å². The van der Waals surface area contributed by atoms with Crippen molar-refractivity contribution in [1.29, 1.82) is 0 Å². The number of aliphatic carboxylic acids is 1. The lowest BCUT2D eigenvalue weighted by Crippen LogP contribution is -2.30. The number of carboxylic acid groups (broad SMARTS) is 1. The fraction of sp³-hybridized carbons (Fsp3) is 0.304. The molecule has 0 spiro atoms. The molecule has 2 heterocycles. The molecule has 5 nitrogen and oxygen atoms in total. The Hall–Kier alpha value is -3.08. The Morgan fingerprint density at radius 2 is 1.75 bits per heavy atom. The molecule has 5 heteroatoms. The molecule has 2 aromatic carbocycles. The number of carbonyl (C=O) groups is 2. The van der Waals surface area contributed by atoms with Gasteiger partial charge in [0.25, 0.3) is 0 Å². The van der Waals surface area contributed by atoms with Gasteiger partial charge in [-0.15, -0.1) is 0 Å². The smallest absolute Gasteiger partial charge is 0.308 e. The van der Waals surface area contributed by atoms with E-state index in [-0.39, 0.29) is 18.4 Å².